The Labute approximate surface area is 146 Å². The van der Waals surface area contributed by atoms with Gasteiger partial charge in [0.05, 0.1) is 7.11 Å². The summed E-state index contributed by atoms with van der Waals surface area (Å²) < 4.78 is 5.37. The summed E-state index contributed by atoms with van der Waals surface area (Å²) in [5.74, 6) is 0.261. The fourth-order valence-corrected chi connectivity index (χ4v) is 2.59. The number of amides is 2. The third kappa shape index (κ3) is 4.15. The Hall–Kier alpha value is -2.89. The number of benzene rings is 1. The van der Waals surface area contributed by atoms with Crippen LogP contribution in [0.4, 0.5) is 0 Å². The summed E-state index contributed by atoms with van der Waals surface area (Å²) >= 11 is 0. The highest BCUT2D eigenvalue weighted by molar-refractivity contribution is 5.98. The van der Waals surface area contributed by atoms with Crippen LogP contribution in [-0.4, -0.2) is 37.0 Å². The number of hydrogen-bond donors (Lipinski definition) is 2. The highest BCUT2D eigenvalue weighted by Gasteiger charge is 2.24. The number of carbonyl (C=O) groups is 2. The van der Waals surface area contributed by atoms with Gasteiger partial charge in [-0.15, -0.1) is 0 Å². The highest BCUT2D eigenvalue weighted by Crippen LogP contribution is 2.22. The van der Waals surface area contributed by atoms with Gasteiger partial charge in [-0.25, -0.2) is 4.98 Å². The van der Waals surface area contributed by atoms with Gasteiger partial charge in [0.15, 0.2) is 0 Å². The molecule has 0 spiro atoms. The molecule has 0 saturated heterocycles. The van der Waals surface area contributed by atoms with Crippen LogP contribution in [0.5, 0.6) is 5.75 Å². The maximum atomic E-state index is 12.4. The Morgan fingerprint density at radius 3 is 2.64 bits per heavy atom. The van der Waals surface area contributed by atoms with Gasteiger partial charge in [-0.05, 0) is 31.0 Å². The summed E-state index contributed by atoms with van der Waals surface area (Å²) in [6, 6.07) is 11.1. The molecule has 6 nitrogen and oxygen atoms in total. The minimum atomic E-state index is -0.317. The van der Waals surface area contributed by atoms with E-state index in [1.54, 1.807) is 20.2 Å². The minimum absolute atomic E-state index is 0.170. The minimum Gasteiger partial charge on any atom is -0.496 e. The van der Waals surface area contributed by atoms with Gasteiger partial charge in [0.1, 0.15) is 11.4 Å². The second-order valence-corrected chi connectivity index (χ2v) is 6.05. The molecular formula is C19H21N3O3. The smallest absolute Gasteiger partial charge is 0.269 e. The molecule has 1 aromatic carbocycles. The molecule has 1 aliphatic carbocycles. The van der Waals surface area contributed by atoms with Crippen LogP contribution in [0.3, 0.4) is 0 Å². The zero-order chi connectivity index (χ0) is 17.8. The van der Waals surface area contributed by atoms with Gasteiger partial charge in [-0.1, -0.05) is 18.2 Å². The van der Waals surface area contributed by atoms with E-state index < -0.39 is 0 Å². The number of hydrogen-bond acceptors (Lipinski definition) is 4. The lowest BCUT2D eigenvalue weighted by atomic mass is 10.1. The molecule has 0 radical (unpaired) electrons. The molecule has 2 amide bonds. The van der Waals surface area contributed by atoms with Crippen LogP contribution in [-0.2, 0) is 6.42 Å². The second-order valence-electron chi connectivity index (χ2n) is 6.05. The second kappa shape index (κ2) is 7.34. The van der Waals surface area contributed by atoms with Crippen molar-refractivity contribution in [3.05, 3.63) is 58.9 Å². The predicted molar refractivity (Wildman–Crippen MR) is 93.9 cm³/mol. The van der Waals surface area contributed by atoms with Crippen LogP contribution in [0, 0.1) is 0 Å². The molecule has 6 heteroatoms. The lowest BCUT2D eigenvalue weighted by Gasteiger charge is -2.11. The SMILES string of the molecule is CNC(=O)c1cc(C(=O)NC2CC2)cc(Cc2ccccc2OC)n1. The number of pyridine rings is 1. The number of nitrogens with zero attached hydrogens (tertiary/aromatic N) is 1. The van der Waals surface area contributed by atoms with Crippen molar-refractivity contribution in [2.45, 2.75) is 25.3 Å². The molecular weight excluding hydrogens is 318 g/mol. The Morgan fingerprint density at radius 2 is 1.96 bits per heavy atom. The number of methoxy groups -OCH3 is 1. The number of nitrogens with one attached hydrogen (secondary N) is 2. The predicted octanol–water partition coefficient (Wildman–Crippen LogP) is 1.93. The van der Waals surface area contributed by atoms with Gasteiger partial charge >= 0.3 is 0 Å². The Morgan fingerprint density at radius 1 is 1.20 bits per heavy atom. The van der Waals surface area contributed by atoms with Gasteiger partial charge in [0.2, 0.25) is 0 Å². The topological polar surface area (TPSA) is 80.3 Å². The Balaban J connectivity index is 1.93. The molecule has 2 N–H and O–H groups in total. The molecule has 0 unspecified atom stereocenters. The third-order valence-corrected chi connectivity index (χ3v) is 4.08. The van der Waals surface area contributed by atoms with Crippen molar-refractivity contribution in [2.75, 3.05) is 14.2 Å². The molecule has 2 aromatic rings. The van der Waals surface area contributed by atoms with Crippen molar-refractivity contribution in [3.8, 4) is 5.75 Å². The van der Waals surface area contributed by atoms with Crippen molar-refractivity contribution in [3.63, 3.8) is 0 Å². The van der Waals surface area contributed by atoms with Crippen LogP contribution < -0.4 is 15.4 Å². The lowest BCUT2D eigenvalue weighted by Crippen LogP contribution is -2.27. The zero-order valence-corrected chi connectivity index (χ0v) is 14.3. The maximum absolute atomic E-state index is 12.4. The van der Waals surface area contributed by atoms with Crippen molar-refractivity contribution in [1.29, 1.82) is 0 Å². The van der Waals surface area contributed by atoms with E-state index in [9.17, 15) is 9.59 Å². The highest BCUT2D eigenvalue weighted by atomic mass is 16.5. The van der Waals surface area contributed by atoms with E-state index in [-0.39, 0.29) is 23.6 Å². The zero-order valence-electron chi connectivity index (χ0n) is 14.3. The molecule has 3 rings (SSSR count). The molecule has 1 aliphatic rings. The molecule has 0 aliphatic heterocycles. The van der Waals surface area contributed by atoms with Gasteiger partial charge in [0.25, 0.3) is 11.8 Å². The molecule has 1 fully saturated rings. The summed E-state index contributed by atoms with van der Waals surface area (Å²) in [6.07, 6.45) is 2.49. The maximum Gasteiger partial charge on any atom is 0.269 e. The van der Waals surface area contributed by atoms with Crippen LogP contribution >= 0.6 is 0 Å². The molecule has 25 heavy (non-hydrogen) atoms. The van der Waals surface area contributed by atoms with E-state index in [4.69, 9.17) is 4.74 Å². The van der Waals surface area contributed by atoms with Gasteiger partial charge < -0.3 is 15.4 Å². The molecule has 0 bridgehead atoms. The largest absolute Gasteiger partial charge is 0.496 e. The first kappa shape index (κ1) is 17.0. The summed E-state index contributed by atoms with van der Waals surface area (Å²) in [5, 5.41) is 5.50. The van der Waals surface area contributed by atoms with Gasteiger partial charge in [0, 0.05) is 36.3 Å². The van der Waals surface area contributed by atoms with Crippen LogP contribution in [0.2, 0.25) is 0 Å². The van der Waals surface area contributed by atoms with E-state index in [0.29, 0.717) is 17.7 Å². The number of ether oxygens (including phenoxy) is 1. The summed E-state index contributed by atoms with van der Waals surface area (Å²) in [4.78, 5) is 28.8. The monoisotopic (exact) mass is 339 g/mol. The lowest BCUT2D eigenvalue weighted by molar-refractivity contribution is 0.0951. The number of carbonyl (C=O) groups excluding carboxylic acids is 2. The van der Waals surface area contributed by atoms with E-state index in [1.807, 2.05) is 24.3 Å². The van der Waals surface area contributed by atoms with E-state index >= 15 is 0 Å². The van der Waals surface area contributed by atoms with E-state index in [2.05, 4.69) is 15.6 Å². The standard InChI is InChI=1S/C19H21N3O3/c1-20-19(24)16-11-13(18(23)22-14-7-8-14)10-15(21-16)9-12-5-3-4-6-17(12)25-2/h3-6,10-11,14H,7-9H2,1-2H3,(H,20,24)(H,22,23). The van der Waals surface area contributed by atoms with Crippen molar-refractivity contribution >= 4 is 11.8 Å². The third-order valence-electron chi connectivity index (χ3n) is 4.08. The van der Waals surface area contributed by atoms with Crippen molar-refractivity contribution in [2.24, 2.45) is 0 Å². The first-order chi connectivity index (χ1) is 12.1. The molecule has 130 valence electrons. The quantitative estimate of drug-likeness (QED) is 0.843. The Bertz CT molecular complexity index is 800. The fourth-order valence-electron chi connectivity index (χ4n) is 2.59. The molecule has 1 aromatic heterocycles. The van der Waals surface area contributed by atoms with Gasteiger partial charge in [-0.3, -0.25) is 9.59 Å². The number of aromatic nitrogens is 1. The average Bonchev–Trinajstić information content (AvgIpc) is 3.45. The Kier molecular flexibility index (Phi) is 4.97. The molecule has 1 saturated carbocycles. The van der Waals surface area contributed by atoms with Gasteiger partial charge in [-0.2, -0.15) is 0 Å². The summed E-state index contributed by atoms with van der Waals surface area (Å²) in [5.41, 5.74) is 2.27. The van der Waals surface area contributed by atoms with Crippen molar-refractivity contribution in [1.82, 2.24) is 15.6 Å². The molecule has 1 heterocycles. The average molecular weight is 339 g/mol. The van der Waals surface area contributed by atoms with Crippen LogP contribution in [0.15, 0.2) is 36.4 Å². The summed E-state index contributed by atoms with van der Waals surface area (Å²) in [7, 11) is 3.16. The van der Waals surface area contributed by atoms with E-state index in [0.717, 1.165) is 24.2 Å². The fraction of sp³-hybridized carbons (Fsp3) is 0.316. The number of para-hydroxylation sites is 1. The van der Waals surface area contributed by atoms with Crippen LogP contribution in [0.25, 0.3) is 0 Å². The van der Waals surface area contributed by atoms with Crippen molar-refractivity contribution < 1.29 is 14.3 Å². The molecule has 0 atom stereocenters. The first-order valence-electron chi connectivity index (χ1n) is 8.26. The first-order valence-corrected chi connectivity index (χ1v) is 8.26. The van der Waals surface area contributed by atoms with E-state index in [1.165, 1.54) is 6.07 Å². The normalized spacial score (nSPS) is 13.2. The van der Waals surface area contributed by atoms with Crippen LogP contribution in [0.1, 0.15) is 44.9 Å². The number of rotatable bonds is 6. The summed E-state index contributed by atoms with van der Waals surface area (Å²) in [6.45, 7) is 0.